The van der Waals surface area contributed by atoms with Gasteiger partial charge in [-0.1, -0.05) is 6.07 Å². The average molecular weight is 208 g/mol. The third-order valence-corrected chi connectivity index (χ3v) is 1.97. The van der Waals surface area contributed by atoms with E-state index in [2.05, 4.69) is 5.32 Å². The van der Waals surface area contributed by atoms with Gasteiger partial charge in [0.25, 0.3) is 0 Å². The van der Waals surface area contributed by atoms with Crippen LogP contribution in [0.25, 0.3) is 0 Å². The van der Waals surface area contributed by atoms with E-state index in [-0.39, 0.29) is 12.5 Å². The van der Waals surface area contributed by atoms with Gasteiger partial charge in [-0.2, -0.15) is 0 Å². The molecular formula is C11H16N2O2. The predicted octanol–water partition coefficient (Wildman–Crippen LogP) is 1.55. The zero-order valence-electron chi connectivity index (χ0n) is 9.04. The molecule has 0 saturated carbocycles. The number of carbonyl (C=O) groups excluding carboxylic acids is 1. The minimum Gasteiger partial charge on any atom is -0.399 e. The summed E-state index contributed by atoms with van der Waals surface area (Å²) in [5, 5.41) is 2.74. The van der Waals surface area contributed by atoms with Gasteiger partial charge in [0.2, 0.25) is 5.91 Å². The number of benzene rings is 1. The molecule has 0 heterocycles. The molecule has 3 N–H and O–H groups in total. The highest BCUT2D eigenvalue weighted by molar-refractivity contribution is 5.92. The summed E-state index contributed by atoms with van der Waals surface area (Å²) >= 11 is 0. The monoisotopic (exact) mass is 208 g/mol. The Hall–Kier alpha value is -1.55. The van der Waals surface area contributed by atoms with E-state index >= 15 is 0 Å². The second-order valence-electron chi connectivity index (χ2n) is 3.26. The van der Waals surface area contributed by atoms with Gasteiger partial charge in [-0.05, 0) is 31.5 Å². The van der Waals surface area contributed by atoms with E-state index in [1.165, 1.54) is 0 Å². The summed E-state index contributed by atoms with van der Waals surface area (Å²) in [7, 11) is 0. The van der Waals surface area contributed by atoms with Crippen molar-refractivity contribution in [2.24, 2.45) is 0 Å². The molecule has 0 aliphatic carbocycles. The van der Waals surface area contributed by atoms with Gasteiger partial charge in [0.05, 0.1) is 0 Å². The minimum atomic E-state index is -0.162. The Labute approximate surface area is 89.4 Å². The van der Waals surface area contributed by atoms with Crippen LogP contribution in [0.1, 0.15) is 12.5 Å². The van der Waals surface area contributed by atoms with Crippen molar-refractivity contribution in [3.05, 3.63) is 23.8 Å². The van der Waals surface area contributed by atoms with E-state index in [1.807, 2.05) is 19.9 Å². The molecule has 0 radical (unpaired) electrons. The van der Waals surface area contributed by atoms with Crippen molar-refractivity contribution in [3.63, 3.8) is 0 Å². The number of rotatable bonds is 4. The Balaban J connectivity index is 2.63. The molecule has 82 valence electrons. The Morgan fingerprint density at radius 1 is 1.53 bits per heavy atom. The fourth-order valence-corrected chi connectivity index (χ4v) is 1.16. The molecule has 1 rings (SSSR count). The van der Waals surface area contributed by atoms with Crippen LogP contribution < -0.4 is 11.1 Å². The Morgan fingerprint density at radius 3 is 2.93 bits per heavy atom. The number of anilines is 2. The molecule has 0 bridgehead atoms. The molecule has 0 fully saturated rings. The van der Waals surface area contributed by atoms with E-state index < -0.39 is 0 Å². The van der Waals surface area contributed by atoms with Crippen molar-refractivity contribution in [2.75, 3.05) is 24.3 Å². The van der Waals surface area contributed by atoms with Crippen molar-refractivity contribution < 1.29 is 9.53 Å². The summed E-state index contributed by atoms with van der Waals surface area (Å²) in [5.41, 5.74) is 7.97. The molecule has 1 aromatic carbocycles. The maximum absolute atomic E-state index is 11.4. The SMILES string of the molecule is CCOCC(=O)Nc1cc(N)ccc1C. The Morgan fingerprint density at radius 2 is 2.27 bits per heavy atom. The molecule has 0 aromatic heterocycles. The summed E-state index contributed by atoms with van der Waals surface area (Å²) in [6, 6.07) is 5.40. The highest BCUT2D eigenvalue weighted by atomic mass is 16.5. The van der Waals surface area contributed by atoms with Gasteiger partial charge in [-0.25, -0.2) is 0 Å². The van der Waals surface area contributed by atoms with Gasteiger partial charge in [-0.15, -0.1) is 0 Å². The fraction of sp³-hybridized carbons (Fsp3) is 0.364. The largest absolute Gasteiger partial charge is 0.399 e. The predicted molar refractivity (Wildman–Crippen MR) is 60.7 cm³/mol. The lowest BCUT2D eigenvalue weighted by Crippen LogP contribution is -2.18. The Kier molecular flexibility index (Phi) is 4.12. The quantitative estimate of drug-likeness (QED) is 0.738. The first kappa shape index (κ1) is 11.5. The zero-order valence-corrected chi connectivity index (χ0v) is 9.04. The van der Waals surface area contributed by atoms with Crippen LogP contribution >= 0.6 is 0 Å². The number of carbonyl (C=O) groups is 1. The molecule has 0 spiro atoms. The maximum Gasteiger partial charge on any atom is 0.250 e. The van der Waals surface area contributed by atoms with Gasteiger partial charge < -0.3 is 15.8 Å². The molecule has 1 aromatic rings. The first-order valence-electron chi connectivity index (χ1n) is 4.87. The first-order valence-corrected chi connectivity index (χ1v) is 4.87. The fourth-order valence-electron chi connectivity index (χ4n) is 1.16. The average Bonchev–Trinajstić information content (AvgIpc) is 2.20. The molecule has 15 heavy (non-hydrogen) atoms. The van der Waals surface area contributed by atoms with Gasteiger partial charge >= 0.3 is 0 Å². The molecule has 0 saturated heterocycles. The maximum atomic E-state index is 11.4. The minimum absolute atomic E-state index is 0.0741. The lowest BCUT2D eigenvalue weighted by molar-refractivity contribution is -0.120. The van der Waals surface area contributed by atoms with Crippen molar-refractivity contribution in [1.82, 2.24) is 0 Å². The summed E-state index contributed by atoms with van der Waals surface area (Å²) in [6.07, 6.45) is 0. The third kappa shape index (κ3) is 3.59. The Bertz CT molecular complexity index is 350. The van der Waals surface area contributed by atoms with E-state index in [0.29, 0.717) is 12.3 Å². The second kappa shape index (κ2) is 5.36. The molecular weight excluding hydrogens is 192 g/mol. The van der Waals surface area contributed by atoms with Crippen molar-refractivity contribution >= 4 is 17.3 Å². The second-order valence-corrected chi connectivity index (χ2v) is 3.26. The highest BCUT2D eigenvalue weighted by Crippen LogP contribution is 2.17. The molecule has 0 atom stereocenters. The molecule has 1 amide bonds. The summed E-state index contributed by atoms with van der Waals surface area (Å²) in [5.74, 6) is -0.162. The van der Waals surface area contributed by atoms with Gasteiger partial charge in [0.1, 0.15) is 6.61 Å². The van der Waals surface area contributed by atoms with E-state index in [1.54, 1.807) is 12.1 Å². The lowest BCUT2D eigenvalue weighted by atomic mass is 10.2. The van der Waals surface area contributed by atoms with Gasteiger partial charge in [-0.3, -0.25) is 4.79 Å². The van der Waals surface area contributed by atoms with Crippen LogP contribution in [-0.4, -0.2) is 19.1 Å². The van der Waals surface area contributed by atoms with Crippen LogP contribution in [0.15, 0.2) is 18.2 Å². The number of nitrogens with one attached hydrogen (secondary N) is 1. The van der Waals surface area contributed by atoms with E-state index in [9.17, 15) is 4.79 Å². The van der Waals surface area contributed by atoms with Crippen LogP contribution in [0, 0.1) is 6.92 Å². The number of hydrogen-bond acceptors (Lipinski definition) is 3. The highest BCUT2D eigenvalue weighted by Gasteiger charge is 2.04. The first-order chi connectivity index (χ1) is 7.13. The van der Waals surface area contributed by atoms with Crippen LogP contribution in [0.4, 0.5) is 11.4 Å². The topological polar surface area (TPSA) is 64.3 Å². The van der Waals surface area contributed by atoms with Crippen LogP contribution in [0.3, 0.4) is 0 Å². The normalized spacial score (nSPS) is 10.0. The summed E-state index contributed by atoms with van der Waals surface area (Å²) < 4.78 is 4.99. The smallest absolute Gasteiger partial charge is 0.250 e. The van der Waals surface area contributed by atoms with Crippen molar-refractivity contribution in [2.45, 2.75) is 13.8 Å². The van der Waals surface area contributed by atoms with Gasteiger partial charge in [0, 0.05) is 18.0 Å². The molecule has 4 nitrogen and oxygen atoms in total. The van der Waals surface area contributed by atoms with Crippen molar-refractivity contribution in [1.29, 1.82) is 0 Å². The standard InChI is InChI=1S/C11H16N2O2/c1-3-15-7-11(14)13-10-6-9(12)5-4-8(10)2/h4-6H,3,7,12H2,1-2H3,(H,13,14). The van der Waals surface area contributed by atoms with Gasteiger partial charge in [0.15, 0.2) is 0 Å². The summed E-state index contributed by atoms with van der Waals surface area (Å²) in [4.78, 5) is 11.4. The lowest BCUT2D eigenvalue weighted by Gasteiger charge is -2.08. The number of nitrogen functional groups attached to an aromatic ring is 1. The van der Waals surface area contributed by atoms with Crippen LogP contribution in [0.2, 0.25) is 0 Å². The molecule has 4 heteroatoms. The number of nitrogens with two attached hydrogens (primary N) is 1. The summed E-state index contributed by atoms with van der Waals surface area (Å²) in [6.45, 7) is 4.36. The zero-order chi connectivity index (χ0) is 11.3. The van der Waals surface area contributed by atoms with Crippen LogP contribution in [0.5, 0.6) is 0 Å². The van der Waals surface area contributed by atoms with Crippen LogP contribution in [-0.2, 0) is 9.53 Å². The van der Waals surface area contributed by atoms with Crippen molar-refractivity contribution in [3.8, 4) is 0 Å². The molecule has 0 aliphatic rings. The van der Waals surface area contributed by atoms with E-state index in [0.717, 1.165) is 11.3 Å². The molecule has 0 aliphatic heterocycles. The number of aryl methyl sites for hydroxylation is 1. The number of amides is 1. The van der Waals surface area contributed by atoms with E-state index in [4.69, 9.17) is 10.5 Å². The molecule has 0 unspecified atom stereocenters. The number of ether oxygens (including phenoxy) is 1. The number of hydrogen-bond donors (Lipinski definition) is 2. The third-order valence-electron chi connectivity index (χ3n) is 1.97.